The zero-order chi connectivity index (χ0) is 19.6. The number of fused-ring (bicyclic) bond motifs is 1. The van der Waals surface area contributed by atoms with E-state index in [1.165, 1.54) is 6.92 Å². The van der Waals surface area contributed by atoms with Gasteiger partial charge < -0.3 is 4.74 Å². The summed E-state index contributed by atoms with van der Waals surface area (Å²) < 4.78 is 5.13. The minimum atomic E-state index is -0.985. The Hall–Kier alpha value is -2.99. The molecule has 0 aromatic heterocycles. The quantitative estimate of drug-likeness (QED) is 0.433. The lowest BCUT2D eigenvalue weighted by molar-refractivity contribution is -0.146. The second kappa shape index (κ2) is 7.72. The Morgan fingerprint density at radius 3 is 2.11 bits per heavy atom. The van der Waals surface area contributed by atoms with Crippen LogP contribution in [0.2, 0.25) is 5.02 Å². The van der Waals surface area contributed by atoms with Crippen molar-refractivity contribution < 1.29 is 23.9 Å². The Bertz CT molecular complexity index is 887. The van der Waals surface area contributed by atoms with E-state index in [9.17, 15) is 19.2 Å². The minimum absolute atomic E-state index is 0.104. The van der Waals surface area contributed by atoms with Crippen molar-refractivity contribution in [3.63, 3.8) is 0 Å². The van der Waals surface area contributed by atoms with Crippen LogP contribution in [0.25, 0.3) is 0 Å². The number of amides is 2. The number of nitrogens with zero attached hydrogens (tertiary/aromatic N) is 1. The molecule has 0 spiro atoms. The van der Waals surface area contributed by atoms with Crippen LogP contribution in [-0.2, 0) is 9.53 Å². The number of ether oxygens (including phenoxy) is 1. The Morgan fingerprint density at radius 2 is 1.56 bits per heavy atom. The van der Waals surface area contributed by atoms with E-state index in [1.807, 2.05) is 0 Å². The van der Waals surface area contributed by atoms with Gasteiger partial charge in [0, 0.05) is 17.1 Å². The van der Waals surface area contributed by atoms with Gasteiger partial charge in [-0.2, -0.15) is 0 Å². The summed E-state index contributed by atoms with van der Waals surface area (Å²) >= 11 is 5.78. The largest absolute Gasteiger partial charge is 0.454 e. The fraction of sp³-hybridized carbons (Fsp3) is 0.200. The van der Waals surface area contributed by atoms with Gasteiger partial charge in [-0.1, -0.05) is 23.7 Å². The fourth-order valence-corrected chi connectivity index (χ4v) is 2.93. The predicted molar refractivity (Wildman–Crippen MR) is 97.8 cm³/mol. The van der Waals surface area contributed by atoms with Crippen LogP contribution in [0.3, 0.4) is 0 Å². The van der Waals surface area contributed by atoms with E-state index in [1.54, 1.807) is 48.5 Å². The first kappa shape index (κ1) is 18.8. The summed E-state index contributed by atoms with van der Waals surface area (Å²) in [4.78, 5) is 49.8. The highest BCUT2D eigenvalue weighted by atomic mass is 35.5. The molecule has 2 aromatic carbocycles. The van der Waals surface area contributed by atoms with Gasteiger partial charge in [0.1, 0.15) is 0 Å². The highest BCUT2D eigenvalue weighted by Gasteiger charge is 2.35. The SMILES string of the molecule is C[C@H](OC(=O)CCN1C(=O)c2ccccc2C1=O)C(=O)c1ccc(Cl)cc1. The molecule has 0 unspecified atom stereocenters. The van der Waals surface area contributed by atoms with Gasteiger partial charge >= 0.3 is 5.97 Å². The Morgan fingerprint density at radius 1 is 1.00 bits per heavy atom. The van der Waals surface area contributed by atoms with Crippen molar-refractivity contribution in [2.24, 2.45) is 0 Å². The maximum Gasteiger partial charge on any atom is 0.308 e. The summed E-state index contributed by atoms with van der Waals surface area (Å²) in [7, 11) is 0. The molecule has 0 saturated carbocycles. The molecule has 27 heavy (non-hydrogen) atoms. The average molecular weight is 386 g/mol. The molecule has 1 aliphatic heterocycles. The number of carbonyl (C=O) groups is 4. The Kier molecular flexibility index (Phi) is 5.37. The van der Waals surface area contributed by atoms with Crippen LogP contribution in [0, 0.1) is 0 Å². The third-order valence-corrected chi connectivity index (χ3v) is 4.48. The molecule has 138 valence electrons. The van der Waals surface area contributed by atoms with Gasteiger partial charge in [-0.25, -0.2) is 0 Å². The number of rotatable bonds is 6. The van der Waals surface area contributed by atoms with Crippen LogP contribution in [0.15, 0.2) is 48.5 Å². The molecule has 1 heterocycles. The second-order valence-corrected chi connectivity index (χ2v) is 6.50. The van der Waals surface area contributed by atoms with Crippen LogP contribution < -0.4 is 0 Å². The number of imide groups is 1. The highest BCUT2D eigenvalue weighted by Crippen LogP contribution is 2.22. The van der Waals surface area contributed by atoms with Gasteiger partial charge in [0.2, 0.25) is 5.78 Å². The molecule has 2 aromatic rings. The molecule has 0 N–H and O–H groups in total. The molecule has 7 heteroatoms. The lowest BCUT2D eigenvalue weighted by atomic mass is 10.1. The molecule has 1 aliphatic rings. The molecule has 6 nitrogen and oxygen atoms in total. The van der Waals surface area contributed by atoms with Gasteiger partial charge in [-0.05, 0) is 43.3 Å². The number of hydrogen-bond acceptors (Lipinski definition) is 5. The summed E-state index contributed by atoms with van der Waals surface area (Å²) in [5, 5.41) is 0.497. The standard InChI is InChI=1S/C20H16ClNO5/c1-12(18(24)13-6-8-14(21)9-7-13)27-17(23)10-11-22-19(25)15-4-2-3-5-16(15)20(22)26/h2-9,12H,10-11H2,1H3/t12-/m0/s1. The van der Waals surface area contributed by atoms with Gasteiger partial charge in [0.25, 0.3) is 11.8 Å². The van der Waals surface area contributed by atoms with Crippen LogP contribution in [0.1, 0.15) is 44.4 Å². The summed E-state index contributed by atoms with van der Waals surface area (Å²) in [6.45, 7) is 1.36. The number of benzene rings is 2. The molecular weight excluding hydrogens is 370 g/mol. The molecule has 0 radical (unpaired) electrons. The summed E-state index contributed by atoms with van der Waals surface area (Å²) in [6.07, 6.45) is -1.18. The van der Waals surface area contributed by atoms with Crippen molar-refractivity contribution in [2.75, 3.05) is 6.54 Å². The number of halogens is 1. The van der Waals surface area contributed by atoms with E-state index in [-0.39, 0.29) is 18.7 Å². The van der Waals surface area contributed by atoms with Crippen molar-refractivity contribution in [1.82, 2.24) is 4.90 Å². The van der Waals surface area contributed by atoms with Gasteiger partial charge in [-0.3, -0.25) is 24.1 Å². The maximum absolute atomic E-state index is 12.3. The molecule has 2 amide bonds. The third-order valence-electron chi connectivity index (χ3n) is 4.22. The van der Waals surface area contributed by atoms with Gasteiger partial charge in [0.15, 0.2) is 6.10 Å². The molecule has 3 rings (SSSR count). The number of ketones is 1. The molecule has 0 saturated heterocycles. The number of carbonyl (C=O) groups excluding carboxylic acids is 4. The van der Waals surface area contributed by atoms with E-state index in [2.05, 4.69) is 0 Å². The van der Waals surface area contributed by atoms with Crippen LogP contribution in [0.4, 0.5) is 0 Å². The van der Waals surface area contributed by atoms with E-state index in [4.69, 9.17) is 16.3 Å². The van der Waals surface area contributed by atoms with E-state index < -0.39 is 23.9 Å². The minimum Gasteiger partial charge on any atom is -0.454 e. The van der Waals surface area contributed by atoms with Crippen LogP contribution in [-0.4, -0.2) is 41.1 Å². The van der Waals surface area contributed by atoms with E-state index in [0.29, 0.717) is 21.7 Å². The van der Waals surface area contributed by atoms with Crippen LogP contribution in [0.5, 0.6) is 0 Å². The number of Topliss-reactive ketones (excluding diaryl/α,β-unsaturated/α-hetero) is 1. The first-order chi connectivity index (χ1) is 12.9. The second-order valence-electron chi connectivity index (χ2n) is 6.06. The zero-order valence-electron chi connectivity index (χ0n) is 14.5. The first-order valence-corrected chi connectivity index (χ1v) is 8.71. The van der Waals surface area contributed by atoms with E-state index >= 15 is 0 Å². The first-order valence-electron chi connectivity index (χ1n) is 8.33. The maximum atomic E-state index is 12.3. The molecule has 0 aliphatic carbocycles. The van der Waals surface area contributed by atoms with Crippen molar-refractivity contribution in [1.29, 1.82) is 0 Å². The number of hydrogen-bond donors (Lipinski definition) is 0. The molecular formula is C20H16ClNO5. The van der Waals surface area contributed by atoms with Gasteiger partial charge in [0.05, 0.1) is 17.5 Å². The molecule has 1 atom stereocenters. The topological polar surface area (TPSA) is 80.8 Å². The lowest BCUT2D eigenvalue weighted by Crippen LogP contribution is -2.33. The van der Waals surface area contributed by atoms with E-state index in [0.717, 1.165) is 4.90 Å². The summed E-state index contributed by atoms with van der Waals surface area (Å²) in [5.74, 6) is -1.90. The zero-order valence-corrected chi connectivity index (χ0v) is 15.2. The van der Waals surface area contributed by atoms with Crippen molar-refractivity contribution in [2.45, 2.75) is 19.4 Å². The summed E-state index contributed by atoms with van der Waals surface area (Å²) in [6, 6.07) is 12.7. The van der Waals surface area contributed by atoms with Crippen molar-refractivity contribution in [3.8, 4) is 0 Å². The van der Waals surface area contributed by atoms with Crippen molar-refractivity contribution in [3.05, 3.63) is 70.2 Å². The third kappa shape index (κ3) is 3.90. The lowest BCUT2D eigenvalue weighted by Gasteiger charge is -2.15. The monoisotopic (exact) mass is 385 g/mol. The molecule has 0 bridgehead atoms. The Labute approximate surface area is 160 Å². The highest BCUT2D eigenvalue weighted by molar-refractivity contribution is 6.30. The smallest absolute Gasteiger partial charge is 0.308 e. The number of esters is 1. The predicted octanol–water partition coefficient (Wildman–Crippen LogP) is 3.14. The Balaban J connectivity index is 1.56. The molecule has 0 fully saturated rings. The van der Waals surface area contributed by atoms with Gasteiger partial charge in [-0.15, -0.1) is 0 Å². The fourth-order valence-electron chi connectivity index (χ4n) is 2.80. The average Bonchev–Trinajstić information content (AvgIpc) is 2.91. The van der Waals surface area contributed by atoms with Crippen LogP contribution >= 0.6 is 11.6 Å². The van der Waals surface area contributed by atoms with Crippen molar-refractivity contribution >= 4 is 35.2 Å². The normalized spacial score (nSPS) is 14.1. The summed E-state index contributed by atoms with van der Waals surface area (Å²) in [5.41, 5.74) is 1.02.